The minimum absolute atomic E-state index is 0.0946. The van der Waals surface area contributed by atoms with Gasteiger partial charge >= 0.3 is 11.3 Å². The van der Waals surface area contributed by atoms with Gasteiger partial charge in [-0.3, -0.25) is 4.79 Å². The van der Waals surface area contributed by atoms with Crippen molar-refractivity contribution in [1.82, 2.24) is 5.16 Å². The first kappa shape index (κ1) is 9.91. The number of carbonyl (C=O) groups is 1. The van der Waals surface area contributed by atoms with Crippen molar-refractivity contribution in [2.24, 2.45) is 0 Å². The van der Waals surface area contributed by atoms with E-state index in [1.54, 1.807) is 12.2 Å². The first-order valence-corrected chi connectivity index (χ1v) is 3.59. The highest BCUT2D eigenvalue weighted by Crippen LogP contribution is 2.20. The smallest absolute Gasteiger partial charge is 0.360 e. The molecule has 0 saturated carbocycles. The maximum Gasteiger partial charge on any atom is 0.400 e. The predicted octanol–water partition coefficient (Wildman–Crippen LogP) is 1.75. The van der Waals surface area contributed by atoms with Gasteiger partial charge in [-0.15, -0.1) is 0 Å². The zero-order chi connectivity index (χ0) is 10.1. The van der Waals surface area contributed by atoms with Gasteiger partial charge in [-0.25, -0.2) is 0 Å². The molecule has 13 heavy (non-hydrogen) atoms. The number of anilines is 1. The van der Waals surface area contributed by atoms with Crippen LogP contribution in [0.15, 0.2) is 10.6 Å². The van der Waals surface area contributed by atoms with Gasteiger partial charge in [0.15, 0.2) is 5.82 Å². The summed E-state index contributed by atoms with van der Waals surface area (Å²) in [7, 11) is 0. The molecule has 1 N–H and O–H groups in total. The summed E-state index contributed by atoms with van der Waals surface area (Å²) in [5.41, 5.74) is 0. The number of alkyl halides is 3. The highest BCUT2D eigenvalue weighted by Gasteiger charge is 2.36. The highest BCUT2D eigenvalue weighted by molar-refractivity contribution is 6.33. The lowest BCUT2D eigenvalue weighted by Crippen LogP contribution is -2.28. The van der Waals surface area contributed by atoms with E-state index in [2.05, 4.69) is 21.3 Å². The number of hydrogen-bond acceptors (Lipinski definition) is 3. The molecule has 0 aliphatic carbocycles. The van der Waals surface area contributed by atoms with E-state index in [9.17, 15) is 13.6 Å². The minimum atomic E-state index is -3.94. The third kappa shape index (κ3) is 2.66. The second-order valence-corrected chi connectivity index (χ2v) is 2.75. The number of rotatable bonds is 2. The first-order valence-electron chi connectivity index (χ1n) is 3.21. The van der Waals surface area contributed by atoms with E-state index < -0.39 is 11.3 Å². The fourth-order valence-corrected chi connectivity index (χ4v) is 0.660. The van der Waals surface area contributed by atoms with Gasteiger partial charge in [0.1, 0.15) is 5.76 Å². The van der Waals surface area contributed by atoms with Crippen LogP contribution in [0.3, 0.4) is 0 Å². The van der Waals surface area contributed by atoms with Crippen LogP contribution in [-0.2, 0) is 4.79 Å². The molecule has 0 aliphatic rings. The molecule has 7 heteroatoms. The Bertz CT molecular complexity index is 321. The van der Waals surface area contributed by atoms with Crippen molar-refractivity contribution in [1.29, 1.82) is 0 Å². The Kier molecular flexibility index (Phi) is 2.51. The molecular weight excluding hydrogens is 206 g/mol. The Balaban J connectivity index is 2.65. The highest BCUT2D eigenvalue weighted by atomic mass is 35.5. The number of amides is 1. The third-order valence-electron chi connectivity index (χ3n) is 1.13. The van der Waals surface area contributed by atoms with Gasteiger partial charge in [-0.1, -0.05) is 5.16 Å². The maximum absolute atomic E-state index is 12.1. The van der Waals surface area contributed by atoms with Crippen LogP contribution in [0.4, 0.5) is 14.6 Å². The van der Waals surface area contributed by atoms with Crippen LogP contribution in [0.5, 0.6) is 0 Å². The molecule has 0 atom stereocenters. The molecule has 1 aromatic rings. The standard InChI is InChI=1S/C6H5ClF2N2O2/c1-3-2-4(11-13-3)10-5(12)6(7,8)9/h2H,1H3,(H,10,11,12). The van der Waals surface area contributed by atoms with Crippen molar-refractivity contribution in [2.45, 2.75) is 12.3 Å². The quantitative estimate of drug-likeness (QED) is 0.757. The second kappa shape index (κ2) is 3.29. The van der Waals surface area contributed by atoms with Crippen LogP contribution in [0.2, 0.25) is 0 Å². The van der Waals surface area contributed by atoms with Crippen LogP contribution >= 0.6 is 11.6 Å². The number of nitrogens with one attached hydrogen (secondary N) is 1. The second-order valence-electron chi connectivity index (χ2n) is 2.27. The van der Waals surface area contributed by atoms with Gasteiger partial charge in [0, 0.05) is 6.07 Å². The predicted molar refractivity (Wildman–Crippen MR) is 40.7 cm³/mol. The van der Waals surface area contributed by atoms with Crippen LogP contribution in [0, 0.1) is 6.92 Å². The number of hydrogen-bond donors (Lipinski definition) is 1. The van der Waals surface area contributed by atoms with Crippen molar-refractivity contribution in [2.75, 3.05) is 5.32 Å². The molecule has 1 rings (SSSR count). The number of halogens is 3. The molecule has 1 heterocycles. The molecular formula is C6H5ClF2N2O2. The van der Waals surface area contributed by atoms with Crippen LogP contribution < -0.4 is 5.32 Å². The van der Waals surface area contributed by atoms with Gasteiger partial charge < -0.3 is 9.84 Å². The Hall–Kier alpha value is -1.17. The summed E-state index contributed by atoms with van der Waals surface area (Å²) >= 11 is 4.44. The molecule has 4 nitrogen and oxygen atoms in total. The summed E-state index contributed by atoms with van der Waals surface area (Å²) in [4.78, 5) is 10.6. The number of aromatic nitrogens is 1. The average molecular weight is 211 g/mol. The molecule has 0 bridgehead atoms. The van der Waals surface area contributed by atoms with E-state index in [1.807, 2.05) is 0 Å². The summed E-state index contributed by atoms with van der Waals surface area (Å²) in [6, 6.07) is 1.29. The molecule has 0 fully saturated rings. The minimum Gasteiger partial charge on any atom is -0.360 e. The van der Waals surface area contributed by atoms with E-state index in [0.717, 1.165) is 0 Å². The van der Waals surface area contributed by atoms with Gasteiger partial charge in [0.05, 0.1) is 0 Å². The van der Waals surface area contributed by atoms with E-state index >= 15 is 0 Å². The lowest BCUT2D eigenvalue weighted by molar-refractivity contribution is -0.130. The lowest BCUT2D eigenvalue weighted by Gasteiger charge is -2.05. The molecule has 0 aromatic carbocycles. The van der Waals surface area contributed by atoms with E-state index in [-0.39, 0.29) is 5.82 Å². The normalized spacial score (nSPS) is 11.4. The van der Waals surface area contributed by atoms with Crippen molar-refractivity contribution in [3.63, 3.8) is 0 Å². The van der Waals surface area contributed by atoms with Gasteiger partial charge in [-0.2, -0.15) is 8.78 Å². The average Bonchev–Trinajstić information content (AvgIpc) is 2.33. The van der Waals surface area contributed by atoms with E-state index in [0.29, 0.717) is 5.76 Å². The van der Waals surface area contributed by atoms with Gasteiger partial charge in [-0.05, 0) is 18.5 Å². The Morgan fingerprint density at radius 2 is 2.38 bits per heavy atom. The SMILES string of the molecule is Cc1cc(NC(=O)C(F)(F)Cl)no1. The van der Waals surface area contributed by atoms with Gasteiger partial charge in [0.25, 0.3) is 0 Å². The number of aryl methyl sites for hydroxylation is 1. The molecule has 72 valence electrons. The Morgan fingerprint density at radius 3 is 2.77 bits per heavy atom. The molecule has 0 spiro atoms. The van der Waals surface area contributed by atoms with Crippen molar-refractivity contribution >= 4 is 23.3 Å². The lowest BCUT2D eigenvalue weighted by atomic mass is 10.5. The summed E-state index contributed by atoms with van der Waals surface area (Å²) in [6.45, 7) is 1.56. The Labute approximate surface area is 76.8 Å². The topological polar surface area (TPSA) is 55.1 Å². The Morgan fingerprint density at radius 1 is 1.77 bits per heavy atom. The van der Waals surface area contributed by atoms with E-state index in [4.69, 9.17) is 0 Å². The zero-order valence-corrected chi connectivity index (χ0v) is 7.23. The summed E-state index contributed by atoms with van der Waals surface area (Å²) < 4.78 is 28.7. The molecule has 0 saturated heterocycles. The van der Waals surface area contributed by atoms with Crippen molar-refractivity contribution in [3.8, 4) is 0 Å². The maximum atomic E-state index is 12.1. The monoisotopic (exact) mass is 210 g/mol. The third-order valence-corrected chi connectivity index (χ3v) is 1.30. The summed E-state index contributed by atoms with van der Waals surface area (Å²) in [5.74, 6) is -1.33. The van der Waals surface area contributed by atoms with Crippen molar-refractivity contribution < 1.29 is 18.1 Å². The van der Waals surface area contributed by atoms with E-state index in [1.165, 1.54) is 6.07 Å². The zero-order valence-electron chi connectivity index (χ0n) is 6.47. The van der Waals surface area contributed by atoms with Crippen LogP contribution in [0.25, 0.3) is 0 Å². The first-order chi connectivity index (χ1) is 5.89. The van der Waals surface area contributed by atoms with Crippen LogP contribution in [0.1, 0.15) is 5.76 Å². The molecule has 0 radical (unpaired) electrons. The summed E-state index contributed by atoms with van der Waals surface area (Å²) in [5, 5.41) is 1.11. The largest absolute Gasteiger partial charge is 0.400 e. The number of nitrogens with zero attached hydrogens (tertiary/aromatic N) is 1. The number of carbonyl (C=O) groups excluding carboxylic acids is 1. The molecule has 0 aliphatic heterocycles. The fourth-order valence-electron chi connectivity index (χ4n) is 0.613. The molecule has 1 aromatic heterocycles. The fraction of sp³-hybridized carbons (Fsp3) is 0.333. The molecule has 0 unspecified atom stereocenters. The van der Waals surface area contributed by atoms with Gasteiger partial charge in [0.2, 0.25) is 0 Å². The van der Waals surface area contributed by atoms with Crippen molar-refractivity contribution in [3.05, 3.63) is 11.8 Å². The summed E-state index contributed by atoms with van der Waals surface area (Å²) in [6.07, 6.45) is 0. The molecule has 1 amide bonds. The van der Waals surface area contributed by atoms with Crippen LogP contribution in [-0.4, -0.2) is 16.4 Å².